The molecule has 0 aromatic heterocycles. The molecule has 0 spiro atoms. The van der Waals surface area contributed by atoms with Crippen molar-refractivity contribution in [3.63, 3.8) is 0 Å². The van der Waals surface area contributed by atoms with Gasteiger partial charge >= 0.3 is 0 Å². The number of ether oxygens (including phenoxy) is 1. The van der Waals surface area contributed by atoms with E-state index in [0.29, 0.717) is 17.9 Å². The minimum Gasteiger partial charge on any atom is -0.493 e. The molecule has 2 heterocycles. The smallest absolute Gasteiger partial charge is 0.119 e. The SMILES string of the molecule is Cc1ccc(C2CC3CCC(C2COc2ccc(Cl)cc2)N3C)cc1. The molecule has 132 valence electrons. The monoisotopic (exact) mass is 355 g/mol. The third-order valence-corrected chi connectivity index (χ3v) is 6.45. The Morgan fingerprint density at radius 3 is 2.48 bits per heavy atom. The second-order valence-corrected chi connectivity index (χ2v) is 8.08. The van der Waals surface area contributed by atoms with Crippen LogP contribution < -0.4 is 4.74 Å². The van der Waals surface area contributed by atoms with Crippen molar-refractivity contribution < 1.29 is 4.74 Å². The Balaban J connectivity index is 1.56. The first-order valence-electron chi connectivity index (χ1n) is 9.28. The molecule has 2 nitrogen and oxygen atoms in total. The molecule has 2 saturated heterocycles. The quantitative estimate of drug-likeness (QED) is 0.738. The highest BCUT2D eigenvalue weighted by Crippen LogP contribution is 2.46. The first-order valence-corrected chi connectivity index (χ1v) is 9.66. The lowest BCUT2D eigenvalue weighted by Gasteiger charge is -2.43. The molecule has 25 heavy (non-hydrogen) atoms. The fraction of sp³-hybridized carbons (Fsp3) is 0.455. The van der Waals surface area contributed by atoms with Crippen LogP contribution in [0.2, 0.25) is 5.02 Å². The topological polar surface area (TPSA) is 12.5 Å². The van der Waals surface area contributed by atoms with Crippen molar-refractivity contribution in [3.05, 3.63) is 64.7 Å². The van der Waals surface area contributed by atoms with Crippen molar-refractivity contribution in [1.82, 2.24) is 4.90 Å². The standard InChI is InChI=1S/C22H26ClNO/c1-15-3-5-16(6-4-15)20-13-18-9-12-22(24(18)2)21(20)14-25-19-10-7-17(23)8-11-19/h3-8,10-11,18,20-22H,9,12-14H2,1-2H3. The van der Waals surface area contributed by atoms with Crippen LogP contribution in [0.4, 0.5) is 0 Å². The van der Waals surface area contributed by atoms with E-state index in [1.807, 2.05) is 24.3 Å². The number of piperidine rings is 1. The molecule has 2 aliphatic heterocycles. The number of hydrogen-bond donors (Lipinski definition) is 0. The lowest BCUT2D eigenvalue weighted by Crippen LogP contribution is -2.47. The number of hydrogen-bond acceptors (Lipinski definition) is 2. The molecule has 2 bridgehead atoms. The maximum atomic E-state index is 6.19. The molecular formula is C22H26ClNO. The van der Waals surface area contributed by atoms with Crippen molar-refractivity contribution in [2.45, 2.75) is 44.2 Å². The van der Waals surface area contributed by atoms with Gasteiger partial charge in [0.05, 0.1) is 6.61 Å². The van der Waals surface area contributed by atoms with E-state index < -0.39 is 0 Å². The summed E-state index contributed by atoms with van der Waals surface area (Å²) in [4.78, 5) is 2.60. The number of aryl methyl sites for hydroxylation is 1. The number of rotatable bonds is 4. The number of halogens is 1. The molecule has 2 aliphatic rings. The Labute approximate surface area is 155 Å². The van der Waals surface area contributed by atoms with Gasteiger partial charge in [0.1, 0.15) is 5.75 Å². The van der Waals surface area contributed by atoms with Crippen LogP contribution in [-0.2, 0) is 0 Å². The van der Waals surface area contributed by atoms with E-state index in [1.54, 1.807) is 0 Å². The van der Waals surface area contributed by atoms with E-state index >= 15 is 0 Å². The average Bonchev–Trinajstić information content (AvgIpc) is 2.86. The highest BCUT2D eigenvalue weighted by atomic mass is 35.5. The molecule has 2 aromatic carbocycles. The average molecular weight is 356 g/mol. The predicted octanol–water partition coefficient (Wildman–Crippen LogP) is 5.29. The Hall–Kier alpha value is -1.51. The maximum Gasteiger partial charge on any atom is 0.119 e. The first kappa shape index (κ1) is 16.9. The molecular weight excluding hydrogens is 330 g/mol. The van der Waals surface area contributed by atoms with E-state index in [2.05, 4.69) is 43.1 Å². The van der Waals surface area contributed by atoms with Crippen molar-refractivity contribution >= 4 is 11.6 Å². The fourth-order valence-electron chi connectivity index (χ4n) is 4.72. The van der Waals surface area contributed by atoms with Gasteiger partial charge in [-0.15, -0.1) is 0 Å². The molecule has 4 unspecified atom stereocenters. The van der Waals surface area contributed by atoms with Gasteiger partial charge in [0, 0.05) is 23.0 Å². The minimum atomic E-state index is 0.530. The lowest BCUT2D eigenvalue weighted by molar-refractivity contribution is 0.0666. The zero-order chi connectivity index (χ0) is 17.4. The van der Waals surface area contributed by atoms with Crippen molar-refractivity contribution in [2.24, 2.45) is 5.92 Å². The summed E-state index contributed by atoms with van der Waals surface area (Å²) < 4.78 is 6.19. The van der Waals surface area contributed by atoms with E-state index in [0.717, 1.165) is 23.4 Å². The molecule has 2 fully saturated rings. The summed E-state index contributed by atoms with van der Waals surface area (Å²) in [6.45, 7) is 2.92. The highest BCUT2D eigenvalue weighted by Gasteiger charge is 2.46. The molecule has 2 aromatic rings. The summed E-state index contributed by atoms with van der Waals surface area (Å²) in [6.07, 6.45) is 3.85. The fourth-order valence-corrected chi connectivity index (χ4v) is 4.85. The number of benzene rings is 2. The van der Waals surface area contributed by atoms with Crippen LogP contribution >= 0.6 is 11.6 Å². The number of fused-ring (bicyclic) bond motifs is 2. The summed E-state index contributed by atoms with van der Waals surface area (Å²) in [5.41, 5.74) is 2.80. The van der Waals surface area contributed by atoms with Crippen LogP contribution in [0.5, 0.6) is 5.75 Å². The molecule has 0 radical (unpaired) electrons. The van der Waals surface area contributed by atoms with Gasteiger partial charge < -0.3 is 9.64 Å². The molecule has 0 saturated carbocycles. The van der Waals surface area contributed by atoms with Crippen LogP contribution in [0, 0.1) is 12.8 Å². The van der Waals surface area contributed by atoms with Crippen LogP contribution in [0.3, 0.4) is 0 Å². The molecule has 0 aliphatic carbocycles. The van der Waals surface area contributed by atoms with Crippen molar-refractivity contribution in [2.75, 3.05) is 13.7 Å². The Morgan fingerprint density at radius 1 is 1.04 bits per heavy atom. The normalized spacial score (nSPS) is 28.9. The number of nitrogens with zero attached hydrogens (tertiary/aromatic N) is 1. The third-order valence-electron chi connectivity index (χ3n) is 6.19. The molecule has 4 rings (SSSR count). The third kappa shape index (κ3) is 3.43. The van der Waals surface area contributed by atoms with E-state index in [1.165, 1.54) is 30.4 Å². The Morgan fingerprint density at radius 2 is 1.76 bits per heavy atom. The van der Waals surface area contributed by atoms with Crippen LogP contribution in [-0.4, -0.2) is 30.6 Å². The van der Waals surface area contributed by atoms with Gasteiger partial charge in [-0.05, 0) is 69.0 Å². The van der Waals surface area contributed by atoms with Crippen molar-refractivity contribution in [1.29, 1.82) is 0 Å². The first-order chi connectivity index (χ1) is 12.1. The maximum absolute atomic E-state index is 6.19. The zero-order valence-electron chi connectivity index (χ0n) is 15.0. The summed E-state index contributed by atoms with van der Waals surface area (Å²) in [7, 11) is 2.29. The van der Waals surface area contributed by atoms with Gasteiger partial charge in [-0.25, -0.2) is 0 Å². The van der Waals surface area contributed by atoms with E-state index in [4.69, 9.17) is 16.3 Å². The lowest BCUT2D eigenvalue weighted by atomic mass is 9.76. The zero-order valence-corrected chi connectivity index (χ0v) is 15.7. The second-order valence-electron chi connectivity index (χ2n) is 7.65. The van der Waals surface area contributed by atoms with Crippen molar-refractivity contribution in [3.8, 4) is 5.75 Å². The van der Waals surface area contributed by atoms with Gasteiger partial charge in [-0.3, -0.25) is 0 Å². The summed E-state index contributed by atoms with van der Waals surface area (Å²) >= 11 is 5.98. The van der Waals surface area contributed by atoms with Crippen LogP contribution in [0.15, 0.2) is 48.5 Å². The Kier molecular flexibility index (Phi) is 4.75. The van der Waals surface area contributed by atoms with Gasteiger partial charge in [0.25, 0.3) is 0 Å². The summed E-state index contributed by atoms with van der Waals surface area (Å²) in [6, 6.07) is 18.2. The Bertz CT molecular complexity index is 712. The van der Waals surface area contributed by atoms with Crippen LogP contribution in [0.1, 0.15) is 36.3 Å². The second kappa shape index (κ2) is 7.01. The molecule has 4 atom stereocenters. The van der Waals surface area contributed by atoms with E-state index in [-0.39, 0.29) is 0 Å². The summed E-state index contributed by atoms with van der Waals surface area (Å²) in [5.74, 6) is 2.03. The molecule has 3 heteroatoms. The van der Waals surface area contributed by atoms with Gasteiger partial charge in [0.15, 0.2) is 0 Å². The highest BCUT2D eigenvalue weighted by molar-refractivity contribution is 6.30. The van der Waals surface area contributed by atoms with Gasteiger partial charge in [0.2, 0.25) is 0 Å². The predicted molar refractivity (Wildman–Crippen MR) is 104 cm³/mol. The molecule has 0 amide bonds. The van der Waals surface area contributed by atoms with Gasteiger partial charge in [-0.2, -0.15) is 0 Å². The molecule has 0 N–H and O–H groups in total. The van der Waals surface area contributed by atoms with E-state index in [9.17, 15) is 0 Å². The van der Waals surface area contributed by atoms with Crippen LogP contribution in [0.25, 0.3) is 0 Å². The van der Waals surface area contributed by atoms with Gasteiger partial charge in [-0.1, -0.05) is 41.4 Å². The minimum absolute atomic E-state index is 0.530. The summed E-state index contributed by atoms with van der Waals surface area (Å²) in [5, 5.41) is 0.751. The largest absolute Gasteiger partial charge is 0.493 e.